The molecule has 1 unspecified atom stereocenters. The number of nitrogens with zero attached hydrogens (tertiary/aromatic N) is 4. The van der Waals surface area contributed by atoms with E-state index in [9.17, 15) is 0 Å². The molecule has 1 atom stereocenters. The first-order valence-electron chi connectivity index (χ1n) is 7.69. The van der Waals surface area contributed by atoms with Crippen LogP contribution in [0.4, 0.5) is 0 Å². The van der Waals surface area contributed by atoms with Gasteiger partial charge in [-0.2, -0.15) is 0 Å². The summed E-state index contributed by atoms with van der Waals surface area (Å²) in [6, 6.07) is 4.03. The molecule has 0 saturated carbocycles. The van der Waals surface area contributed by atoms with Crippen LogP contribution in [0.25, 0.3) is 0 Å². The van der Waals surface area contributed by atoms with Gasteiger partial charge in [0, 0.05) is 20.2 Å². The van der Waals surface area contributed by atoms with Crippen LogP contribution in [0.5, 0.6) is 0 Å². The molecule has 1 aliphatic heterocycles. The molecular formula is C15H22N4O2S. The fourth-order valence-corrected chi connectivity index (χ4v) is 3.30. The highest BCUT2D eigenvalue weighted by Crippen LogP contribution is 2.27. The monoisotopic (exact) mass is 322 g/mol. The molecule has 6 nitrogen and oxygen atoms in total. The van der Waals surface area contributed by atoms with E-state index in [1.807, 2.05) is 23.7 Å². The second-order valence-electron chi connectivity index (χ2n) is 5.51. The average molecular weight is 322 g/mol. The third-order valence-corrected chi connectivity index (χ3v) is 4.78. The number of likely N-dealkylation sites (N-methyl/N-ethyl adjacent to an activating group) is 1. The lowest BCUT2D eigenvalue weighted by molar-refractivity contribution is 0.0699. The minimum absolute atomic E-state index is 0.377. The summed E-state index contributed by atoms with van der Waals surface area (Å²) in [5.74, 6) is 0.976. The molecule has 22 heavy (non-hydrogen) atoms. The molecule has 0 spiro atoms. The van der Waals surface area contributed by atoms with Crippen LogP contribution >= 0.6 is 11.8 Å². The van der Waals surface area contributed by atoms with E-state index >= 15 is 0 Å². The van der Waals surface area contributed by atoms with E-state index in [-0.39, 0.29) is 0 Å². The van der Waals surface area contributed by atoms with Crippen LogP contribution in [0.3, 0.4) is 0 Å². The number of aryl methyl sites for hydroxylation is 1. The van der Waals surface area contributed by atoms with Crippen molar-refractivity contribution in [3.63, 3.8) is 0 Å². The summed E-state index contributed by atoms with van der Waals surface area (Å²) in [5, 5.41) is 9.60. The van der Waals surface area contributed by atoms with Crippen LogP contribution < -0.4 is 0 Å². The first kappa shape index (κ1) is 15.6. The zero-order valence-electron chi connectivity index (χ0n) is 13.1. The maximum Gasteiger partial charge on any atom is 0.198 e. The Morgan fingerprint density at radius 2 is 2.36 bits per heavy atom. The summed E-state index contributed by atoms with van der Waals surface area (Å²) >= 11 is 1.49. The number of hydrogen-bond donors (Lipinski definition) is 0. The van der Waals surface area contributed by atoms with Crippen molar-refractivity contribution in [3.05, 3.63) is 24.2 Å². The molecule has 3 heterocycles. The van der Waals surface area contributed by atoms with E-state index in [1.165, 1.54) is 24.6 Å². The molecule has 1 aliphatic rings. The standard InChI is InChI=1S/C15H22N4O2S/c1-3-19(9-12-5-4-8-20-12)10-13-6-7-14(21-13)22-15-17-16-11-18(15)2/h6-7,11-12H,3-5,8-10H2,1-2H3. The van der Waals surface area contributed by atoms with Gasteiger partial charge in [0.15, 0.2) is 10.2 Å². The third-order valence-electron chi connectivity index (χ3n) is 3.81. The zero-order valence-corrected chi connectivity index (χ0v) is 13.9. The van der Waals surface area contributed by atoms with Crippen molar-refractivity contribution < 1.29 is 9.15 Å². The highest BCUT2D eigenvalue weighted by molar-refractivity contribution is 7.99. The van der Waals surface area contributed by atoms with Gasteiger partial charge in [0.25, 0.3) is 0 Å². The number of hydrogen-bond acceptors (Lipinski definition) is 6. The van der Waals surface area contributed by atoms with E-state index in [2.05, 4.69) is 22.0 Å². The van der Waals surface area contributed by atoms with Crippen molar-refractivity contribution in [1.29, 1.82) is 0 Å². The Labute approximate surface area is 134 Å². The van der Waals surface area contributed by atoms with E-state index in [0.29, 0.717) is 6.10 Å². The lowest BCUT2D eigenvalue weighted by atomic mass is 10.2. The number of rotatable bonds is 7. The van der Waals surface area contributed by atoms with Gasteiger partial charge in [0.1, 0.15) is 12.1 Å². The molecule has 1 saturated heterocycles. The maximum absolute atomic E-state index is 5.91. The predicted molar refractivity (Wildman–Crippen MR) is 83.8 cm³/mol. The molecule has 0 radical (unpaired) electrons. The Bertz CT molecular complexity index is 592. The molecule has 120 valence electrons. The summed E-state index contributed by atoms with van der Waals surface area (Å²) in [4.78, 5) is 2.37. The zero-order chi connectivity index (χ0) is 15.4. The summed E-state index contributed by atoms with van der Waals surface area (Å²) in [7, 11) is 1.92. The molecule has 0 N–H and O–H groups in total. The normalized spacial score (nSPS) is 18.4. The number of ether oxygens (including phenoxy) is 1. The number of aromatic nitrogens is 3. The van der Waals surface area contributed by atoms with Crippen LogP contribution in [0.1, 0.15) is 25.5 Å². The van der Waals surface area contributed by atoms with E-state index in [1.54, 1.807) is 6.33 Å². The van der Waals surface area contributed by atoms with Crippen LogP contribution in [0.15, 0.2) is 33.1 Å². The topological polar surface area (TPSA) is 56.3 Å². The Balaban J connectivity index is 1.56. The van der Waals surface area contributed by atoms with Crippen molar-refractivity contribution in [2.45, 2.75) is 42.7 Å². The van der Waals surface area contributed by atoms with Gasteiger partial charge in [0.2, 0.25) is 0 Å². The SMILES string of the molecule is CCN(Cc1ccc(Sc2nncn2C)o1)CC1CCCO1. The van der Waals surface area contributed by atoms with Crippen molar-refractivity contribution in [1.82, 2.24) is 19.7 Å². The minimum Gasteiger partial charge on any atom is -0.453 e. The fourth-order valence-electron chi connectivity index (χ4n) is 2.56. The lowest BCUT2D eigenvalue weighted by Crippen LogP contribution is -2.31. The first-order chi connectivity index (χ1) is 10.7. The molecule has 2 aromatic heterocycles. The second-order valence-corrected chi connectivity index (χ2v) is 6.48. The third kappa shape index (κ3) is 3.91. The quantitative estimate of drug-likeness (QED) is 0.781. The van der Waals surface area contributed by atoms with Gasteiger partial charge in [-0.25, -0.2) is 0 Å². The molecule has 0 amide bonds. The molecule has 2 aromatic rings. The van der Waals surface area contributed by atoms with E-state index in [0.717, 1.165) is 42.3 Å². The Morgan fingerprint density at radius 1 is 1.45 bits per heavy atom. The van der Waals surface area contributed by atoms with Crippen LogP contribution in [-0.4, -0.2) is 45.5 Å². The molecule has 0 aromatic carbocycles. The minimum atomic E-state index is 0.377. The Hall–Kier alpha value is -1.31. The van der Waals surface area contributed by atoms with Gasteiger partial charge in [-0.1, -0.05) is 6.92 Å². The fraction of sp³-hybridized carbons (Fsp3) is 0.600. The van der Waals surface area contributed by atoms with Crippen molar-refractivity contribution >= 4 is 11.8 Å². The summed E-state index contributed by atoms with van der Waals surface area (Å²) < 4.78 is 13.5. The van der Waals surface area contributed by atoms with Crippen molar-refractivity contribution in [3.8, 4) is 0 Å². The molecule has 1 fully saturated rings. The Kier molecular flexibility index (Phi) is 5.17. The summed E-state index contributed by atoms with van der Waals surface area (Å²) in [6.45, 7) is 5.86. The van der Waals surface area contributed by atoms with Crippen molar-refractivity contribution in [2.75, 3.05) is 19.7 Å². The van der Waals surface area contributed by atoms with Gasteiger partial charge >= 0.3 is 0 Å². The maximum atomic E-state index is 5.91. The highest BCUT2D eigenvalue weighted by atomic mass is 32.2. The van der Waals surface area contributed by atoms with Crippen LogP contribution in [0.2, 0.25) is 0 Å². The molecule has 3 rings (SSSR count). The van der Waals surface area contributed by atoms with Gasteiger partial charge in [-0.3, -0.25) is 4.90 Å². The smallest absolute Gasteiger partial charge is 0.198 e. The van der Waals surface area contributed by atoms with Gasteiger partial charge in [-0.05, 0) is 43.3 Å². The van der Waals surface area contributed by atoms with Gasteiger partial charge < -0.3 is 13.7 Å². The lowest BCUT2D eigenvalue weighted by Gasteiger charge is -2.22. The highest BCUT2D eigenvalue weighted by Gasteiger charge is 2.19. The Morgan fingerprint density at radius 3 is 3.05 bits per heavy atom. The first-order valence-corrected chi connectivity index (χ1v) is 8.50. The largest absolute Gasteiger partial charge is 0.453 e. The second kappa shape index (κ2) is 7.30. The van der Waals surface area contributed by atoms with Crippen LogP contribution in [-0.2, 0) is 18.3 Å². The van der Waals surface area contributed by atoms with Crippen molar-refractivity contribution in [2.24, 2.45) is 7.05 Å². The average Bonchev–Trinajstić information content (AvgIpc) is 3.24. The van der Waals surface area contributed by atoms with E-state index < -0.39 is 0 Å². The predicted octanol–water partition coefficient (Wildman–Crippen LogP) is 2.56. The van der Waals surface area contributed by atoms with E-state index in [4.69, 9.17) is 9.15 Å². The molecule has 0 bridgehead atoms. The molecule has 0 aliphatic carbocycles. The molecular weight excluding hydrogens is 300 g/mol. The van der Waals surface area contributed by atoms with Gasteiger partial charge in [-0.15, -0.1) is 10.2 Å². The van der Waals surface area contributed by atoms with Crippen LogP contribution in [0, 0.1) is 0 Å². The van der Waals surface area contributed by atoms with Gasteiger partial charge in [0.05, 0.1) is 12.6 Å². The summed E-state index contributed by atoms with van der Waals surface area (Å²) in [5.41, 5.74) is 0. The summed E-state index contributed by atoms with van der Waals surface area (Å²) in [6.07, 6.45) is 4.41. The number of furan rings is 1. The molecule has 7 heteroatoms.